The highest BCUT2D eigenvalue weighted by atomic mass is 79.9. The summed E-state index contributed by atoms with van der Waals surface area (Å²) >= 11 is 3.18. The van der Waals surface area contributed by atoms with E-state index in [9.17, 15) is 9.00 Å². The molecule has 1 aliphatic rings. The number of aromatic nitrogens is 3. The van der Waals surface area contributed by atoms with Crippen molar-refractivity contribution < 1.29 is 9.00 Å². The maximum absolute atomic E-state index is 11.8. The molecule has 2 N–H and O–H groups in total. The molecular weight excluding hydrogens is 322 g/mol. The van der Waals surface area contributed by atoms with Crippen LogP contribution in [-0.2, 0) is 21.1 Å². The van der Waals surface area contributed by atoms with Crippen molar-refractivity contribution in [2.75, 3.05) is 12.3 Å². The fourth-order valence-corrected chi connectivity index (χ4v) is 4.08. The van der Waals surface area contributed by atoms with E-state index in [4.69, 9.17) is 4.78 Å². The maximum Gasteiger partial charge on any atom is 0.236 e. The molecule has 2 unspecified atom stereocenters. The zero-order valence-corrected chi connectivity index (χ0v) is 12.0. The van der Waals surface area contributed by atoms with Crippen molar-refractivity contribution in [1.29, 1.82) is 4.78 Å². The number of halogens is 1. The van der Waals surface area contributed by atoms with Crippen LogP contribution in [0.1, 0.15) is 12.8 Å². The van der Waals surface area contributed by atoms with E-state index >= 15 is 0 Å². The molecule has 1 aromatic heterocycles. The van der Waals surface area contributed by atoms with Gasteiger partial charge >= 0.3 is 0 Å². The normalized spacial score (nSPS) is 27.3. The van der Waals surface area contributed by atoms with E-state index < -0.39 is 15.0 Å². The molecule has 2 atom stereocenters. The maximum atomic E-state index is 11.8. The predicted molar refractivity (Wildman–Crippen MR) is 69.5 cm³/mol. The Morgan fingerprint density at radius 2 is 2.50 bits per heavy atom. The Morgan fingerprint density at radius 1 is 1.72 bits per heavy atom. The van der Waals surface area contributed by atoms with Crippen molar-refractivity contribution in [3.05, 3.63) is 10.8 Å². The SMILES string of the molecule is N=S1(=O)CCCC1C(=O)NCCn1cc(Br)nn1. The van der Waals surface area contributed by atoms with Gasteiger partial charge in [0.1, 0.15) is 9.85 Å². The van der Waals surface area contributed by atoms with E-state index in [1.54, 1.807) is 10.9 Å². The van der Waals surface area contributed by atoms with Gasteiger partial charge in [-0.25, -0.2) is 8.89 Å². The molecule has 9 heteroatoms. The van der Waals surface area contributed by atoms with E-state index in [0.717, 1.165) is 0 Å². The van der Waals surface area contributed by atoms with Crippen LogP contribution >= 0.6 is 15.9 Å². The highest BCUT2D eigenvalue weighted by molar-refractivity contribution is 9.10. The van der Waals surface area contributed by atoms with Crippen LogP contribution in [-0.4, -0.2) is 42.7 Å². The minimum absolute atomic E-state index is 0.285. The molecule has 1 aromatic rings. The predicted octanol–water partition coefficient (Wildman–Crippen LogP) is 0.366. The van der Waals surface area contributed by atoms with Crippen LogP contribution in [0.25, 0.3) is 0 Å². The molecule has 2 heterocycles. The number of carbonyl (C=O) groups excluding carboxylic acids is 1. The summed E-state index contributed by atoms with van der Waals surface area (Å²) in [6, 6.07) is 0. The number of rotatable bonds is 4. The monoisotopic (exact) mass is 335 g/mol. The van der Waals surface area contributed by atoms with Gasteiger partial charge in [-0.15, -0.1) is 5.10 Å². The van der Waals surface area contributed by atoms with Gasteiger partial charge in [0.05, 0.1) is 22.5 Å². The molecular formula is C9H14BrN5O2S. The Labute approximate surface area is 113 Å². The lowest BCUT2D eigenvalue weighted by molar-refractivity contribution is -0.120. The Hall–Kier alpha value is -0.960. The van der Waals surface area contributed by atoms with Crippen LogP contribution < -0.4 is 5.32 Å². The molecule has 0 saturated carbocycles. The number of nitrogens with one attached hydrogen (secondary N) is 2. The lowest BCUT2D eigenvalue weighted by Gasteiger charge is -2.11. The first-order valence-electron chi connectivity index (χ1n) is 5.58. The topological polar surface area (TPSA) is 101 Å². The van der Waals surface area contributed by atoms with Crippen molar-refractivity contribution in [3.63, 3.8) is 0 Å². The van der Waals surface area contributed by atoms with Gasteiger partial charge in [-0.1, -0.05) is 5.21 Å². The summed E-state index contributed by atoms with van der Waals surface area (Å²) in [7, 11) is -2.73. The van der Waals surface area contributed by atoms with Gasteiger partial charge < -0.3 is 5.32 Å². The summed E-state index contributed by atoms with van der Waals surface area (Å²) in [6.07, 6.45) is 2.94. The third kappa shape index (κ3) is 3.08. The number of hydrogen-bond acceptors (Lipinski definition) is 5. The van der Waals surface area contributed by atoms with E-state index in [2.05, 4.69) is 31.6 Å². The van der Waals surface area contributed by atoms with Gasteiger partial charge in [-0.2, -0.15) is 0 Å². The van der Waals surface area contributed by atoms with E-state index in [0.29, 0.717) is 36.3 Å². The average Bonchev–Trinajstić information content (AvgIpc) is 2.84. The van der Waals surface area contributed by atoms with Crippen molar-refractivity contribution in [2.24, 2.45) is 0 Å². The zero-order valence-electron chi connectivity index (χ0n) is 9.63. The third-order valence-electron chi connectivity index (χ3n) is 2.82. The second kappa shape index (κ2) is 5.35. The summed E-state index contributed by atoms with van der Waals surface area (Å²) in [5.74, 6) is 0.0490. The lowest BCUT2D eigenvalue weighted by Crippen LogP contribution is -2.38. The molecule has 18 heavy (non-hydrogen) atoms. The van der Waals surface area contributed by atoms with E-state index in [-0.39, 0.29) is 5.91 Å². The fourth-order valence-electron chi connectivity index (χ4n) is 1.91. The van der Waals surface area contributed by atoms with E-state index in [1.165, 1.54) is 0 Å². The molecule has 0 aromatic carbocycles. The minimum atomic E-state index is -2.73. The number of hydrogen-bond donors (Lipinski definition) is 2. The molecule has 1 saturated heterocycles. The van der Waals surface area contributed by atoms with Crippen molar-refractivity contribution >= 4 is 31.6 Å². The Kier molecular flexibility index (Phi) is 4.00. The van der Waals surface area contributed by atoms with Crippen LogP contribution in [0.4, 0.5) is 0 Å². The summed E-state index contributed by atoms with van der Waals surface area (Å²) in [6.45, 7) is 0.886. The van der Waals surface area contributed by atoms with Gasteiger partial charge in [-0.3, -0.25) is 9.57 Å². The fraction of sp³-hybridized carbons (Fsp3) is 0.667. The zero-order chi connectivity index (χ0) is 13.2. The third-order valence-corrected chi connectivity index (χ3v) is 5.44. The number of amides is 1. The highest BCUT2D eigenvalue weighted by Gasteiger charge is 2.33. The molecule has 0 radical (unpaired) electrons. The van der Waals surface area contributed by atoms with Gasteiger partial charge in [0.2, 0.25) is 5.91 Å². The molecule has 100 valence electrons. The number of nitrogens with zero attached hydrogens (tertiary/aromatic N) is 3. The van der Waals surface area contributed by atoms with Gasteiger partial charge in [0.15, 0.2) is 0 Å². The average molecular weight is 336 g/mol. The Bertz CT molecular complexity index is 541. The van der Waals surface area contributed by atoms with E-state index in [1.807, 2.05) is 0 Å². The van der Waals surface area contributed by atoms with Gasteiger partial charge in [0, 0.05) is 12.3 Å². The standard InChI is InChI=1S/C9H14BrN5O2S/c10-8-6-15(14-13-8)4-3-12-9(16)7-2-1-5-18(7,11)17/h6-7,11H,1-5H2,(H,12,16). The van der Waals surface area contributed by atoms with Crippen molar-refractivity contribution in [1.82, 2.24) is 20.3 Å². The molecule has 0 bridgehead atoms. The second-order valence-corrected chi connectivity index (χ2v) is 7.40. The molecule has 2 rings (SSSR count). The van der Waals surface area contributed by atoms with Gasteiger partial charge in [0.25, 0.3) is 0 Å². The van der Waals surface area contributed by atoms with Crippen LogP contribution in [0.3, 0.4) is 0 Å². The molecule has 1 fully saturated rings. The molecule has 0 spiro atoms. The van der Waals surface area contributed by atoms with Crippen LogP contribution in [0.2, 0.25) is 0 Å². The summed E-state index contributed by atoms with van der Waals surface area (Å²) in [5, 5.41) is 9.61. The summed E-state index contributed by atoms with van der Waals surface area (Å²) in [4.78, 5) is 11.8. The van der Waals surface area contributed by atoms with Crippen LogP contribution in [0, 0.1) is 4.78 Å². The first-order valence-corrected chi connectivity index (χ1v) is 8.16. The smallest absolute Gasteiger partial charge is 0.236 e. The molecule has 1 amide bonds. The molecule has 0 aliphatic carbocycles. The van der Waals surface area contributed by atoms with Crippen molar-refractivity contribution in [2.45, 2.75) is 24.6 Å². The largest absolute Gasteiger partial charge is 0.353 e. The molecule has 7 nitrogen and oxygen atoms in total. The van der Waals surface area contributed by atoms with Crippen LogP contribution in [0.15, 0.2) is 10.8 Å². The Balaban J connectivity index is 1.82. The van der Waals surface area contributed by atoms with Crippen molar-refractivity contribution in [3.8, 4) is 0 Å². The summed E-state index contributed by atoms with van der Waals surface area (Å²) < 4.78 is 21.6. The quantitative estimate of drug-likeness (QED) is 0.829. The Morgan fingerprint density at radius 3 is 3.06 bits per heavy atom. The van der Waals surface area contributed by atoms with Gasteiger partial charge in [-0.05, 0) is 28.8 Å². The first-order chi connectivity index (χ1) is 8.49. The number of carbonyl (C=O) groups is 1. The van der Waals surface area contributed by atoms with Crippen LogP contribution in [0.5, 0.6) is 0 Å². The summed E-state index contributed by atoms with van der Waals surface area (Å²) in [5.41, 5.74) is 0. The first kappa shape index (κ1) is 13.5. The minimum Gasteiger partial charge on any atom is -0.353 e. The lowest BCUT2D eigenvalue weighted by atomic mass is 10.2. The highest BCUT2D eigenvalue weighted by Crippen LogP contribution is 2.20. The second-order valence-electron chi connectivity index (χ2n) is 4.16. The molecule has 1 aliphatic heterocycles.